The largest absolute Gasteiger partial charge is 0.497 e. The zero-order valence-corrected chi connectivity index (χ0v) is 15.2. The zero-order valence-electron chi connectivity index (χ0n) is 12.8. The van der Waals surface area contributed by atoms with Crippen LogP contribution < -0.4 is 15.8 Å². The number of nitrogens with one attached hydrogen (secondary N) is 1. The van der Waals surface area contributed by atoms with E-state index < -0.39 is 0 Å². The molecular formula is C16H24BrClN2O2. The van der Waals surface area contributed by atoms with Crippen molar-refractivity contribution < 1.29 is 9.53 Å². The van der Waals surface area contributed by atoms with Crippen LogP contribution in [0.1, 0.15) is 42.5 Å². The molecular weight excluding hydrogens is 368 g/mol. The van der Waals surface area contributed by atoms with Gasteiger partial charge in [-0.15, -0.1) is 12.4 Å². The van der Waals surface area contributed by atoms with Crippen molar-refractivity contribution in [3.8, 4) is 5.75 Å². The van der Waals surface area contributed by atoms with Crippen molar-refractivity contribution in [1.29, 1.82) is 0 Å². The van der Waals surface area contributed by atoms with E-state index in [9.17, 15) is 4.79 Å². The predicted molar refractivity (Wildman–Crippen MR) is 94.8 cm³/mol. The molecule has 6 heteroatoms. The van der Waals surface area contributed by atoms with E-state index >= 15 is 0 Å². The van der Waals surface area contributed by atoms with Crippen LogP contribution in [0.3, 0.4) is 0 Å². The second-order valence-corrected chi connectivity index (χ2v) is 6.41. The molecule has 1 amide bonds. The molecule has 3 N–H and O–H groups in total. The van der Waals surface area contributed by atoms with Crippen molar-refractivity contribution in [2.24, 2.45) is 11.7 Å². The number of nitrogens with two attached hydrogens (primary N) is 1. The molecule has 1 aliphatic carbocycles. The Hall–Kier alpha value is -0.780. The molecule has 1 atom stereocenters. The summed E-state index contributed by atoms with van der Waals surface area (Å²) in [5, 5.41) is 3.10. The minimum absolute atomic E-state index is 0. The van der Waals surface area contributed by atoms with Gasteiger partial charge < -0.3 is 15.8 Å². The van der Waals surface area contributed by atoms with Gasteiger partial charge in [-0.3, -0.25) is 4.79 Å². The normalized spacial score (nSPS) is 16.5. The van der Waals surface area contributed by atoms with Gasteiger partial charge in [0.25, 0.3) is 5.91 Å². The van der Waals surface area contributed by atoms with E-state index in [1.807, 2.05) is 12.1 Å². The van der Waals surface area contributed by atoms with Crippen LogP contribution >= 0.6 is 28.3 Å². The topological polar surface area (TPSA) is 64.3 Å². The lowest BCUT2D eigenvalue weighted by atomic mass is 9.84. The summed E-state index contributed by atoms with van der Waals surface area (Å²) in [5.41, 5.74) is 6.46. The van der Waals surface area contributed by atoms with Crippen LogP contribution in [0, 0.1) is 5.92 Å². The number of carbonyl (C=O) groups excluding carboxylic acids is 1. The third-order valence-corrected chi connectivity index (χ3v) is 4.90. The van der Waals surface area contributed by atoms with Crippen molar-refractivity contribution in [1.82, 2.24) is 5.32 Å². The molecule has 0 aliphatic heterocycles. The number of ether oxygens (including phenoxy) is 1. The summed E-state index contributed by atoms with van der Waals surface area (Å²) in [5.74, 6) is 1.07. The molecule has 0 aromatic heterocycles. The molecule has 0 bridgehead atoms. The Bertz CT molecular complexity index is 493. The van der Waals surface area contributed by atoms with Gasteiger partial charge in [0, 0.05) is 17.1 Å². The van der Waals surface area contributed by atoms with Crippen LogP contribution in [0.5, 0.6) is 5.75 Å². The third-order valence-electron chi connectivity index (χ3n) is 4.21. The van der Waals surface area contributed by atoms with Gasteiger partial charge in [-0.1, -0.05) is 19.3 Å². The second-order valence-electron chi connectivity index (χ2n) is 5.56. The van der Waals surface area contributed by atoms with Crippen LogP contribution in [-0.2, 0) is 0 Å². The van der Waals surface area contributed by atoms with E-state index in [1.54, 1.807) is 13.2 Å². The Balaban J connectivity index is 0.00000242. The van der Waals surface area contributed by atoms with Crippen molar-refractivity contribution in [3.05, 3.63) is 28.2 Å². The van der Waals surface area contributed by atoms with Gasteiger partial charge in [0.05, 0.1) is 12.7 Å². The van der Waals surface area contributed by atoms with Gasteiger partial charge in [-0.2, -0.15) is 0 Å². The molecule has 2 rings (SSSR count). The van der Waals surface area contributed by atoms with Crippen LogP contribution in [0.4, 0.5) is 0 Å². The Morgan fingerprint density at radius 1 is 1.41 bits per heavy atom. The lowest BCUT2D eigenvalue weighted by molar-refractivity contribution is 0.0914. The highest BCUT2D eigenvalue weighted by molar-refractivity contribution is 9.10. The fourth-order valence-electron chi connectivity index (χ4n) is 2.96. The van der Waals surface area contributed by atoms with Gasteiger partial charge in [0.1, 0.15) is 5.75 Å². The number of hydrogen-bond donors (Lipinski definition) is 2. The molecule has 1 aromatic carbocycles. The minimum atomic E-state index is -0.0956. The van der Waals surface area contributed by atoms with Gasteiger partial charge in [-0.25, -0.2) is 0 Å². The lowest BCUT2D eigenvalue weighted by Crippen LogP contribution is -2.46. The minimum Gasteiger partial charge on any atom is -0.497 e. The highest BCUT2D eigenvalue weighted by Crippen LogP contribution is 2.27. The summed E-state index contributed by atoms with van der Waals surface area (Å²) in [4.78, 5) is 12.5. The van der Waals surface area contributed by atoms with E-state index in [1.165, 1.54) is 19.3 Å². The molecule has 22 heavy (non-hydrogen) atoms. The molecule has 0 saturated heterocycles. The fraction of sp³-hybridized carbons (Fsp3) is 0.562. The van der Waals surface area contributed by atoms with E-state index in [-0.39, 0.29) is 24.4 Å². The quantitative estimate of drug-likeness (QED) is 0.807. The summed E-state index contributed by atoms with van der Waals surface area (Å²) in [7, 11) is 1.59. The molecule has 1 aromatic rings. The third kappa shape index (κ3) is 4.86. The highest BCUT2D eigenvalue weighted by Gasteiger charge is 2.25. The van der Waals surface area contributed by atoms with Crippen LogP contribution in [0.2, 0.25) is 0 Å². The van der Waals surface area contributed by atoms with Gasteiger partial charge in [0.15, 0.2) is 0 Å². The second kappa shape index (κ2) is 9.38. The number of rotatable bonds is 5. The smallest absolute Gasteiger partial charge is 0.252 e. The summed E-state index contributed by atoms with van der Waals surface area (Å²) < 4.78 is 5.95. The number of carbonyl (C=O) groups is 1. The number of amides is 1. The van der Waals surface area contributed by atoms with Gasteiger partial charge in [0.2, 0.25) is 0 Å². The van der Waals surface area contributed by atoms with Crippen LogP contribution in [0.25, 0.3) is 0 Å². The number of benzene rings is 1. The van der Waals surface area contributed by atoms with Crippen molar-refractivity contribution >= 4 is 34.2 Å². The summed E-state index contributed by atoms with van der Waals surface area (Å²) in [6.45, 7) is 0.484. The molecule has 4 nitrogen and oxygen atoms in total. The van der Waals surface area contributed by atoms with E-state index in [0.717, 1.165) is 17.3 Å². The van der Waals surface area contributed by atoms with Crippen molar-refractivity contribution in [3.63, 3.8) is 0 Å². The van der Waals surface area contributed by atoms with Crippen molar-refractivity contribution in [2.75, 3.05) is 13.7 Å². The van der Waals surface area contributed by atoms with Crippen LogP contribution in [-0.4, -0.2) is 25.6 Å². The molecule has 1 saturated carbocycles. The molecule has 124 valence electrons. The average molecular weight is 392 g/mol. The maximum Gasteiger partial charge on any atom is 0.252 e. The Morgan fingerprint density at radius 3 is 2.68 bits per heavy atom. The Kier molecular flexibility index (Phi) is 8.21. The average Bonchev–Trinajstić information content (AvgIpc) is 2.53. The summed E-state index contributed by atoms with van der Waals surface area (Å²) in [6, 6.07) is 5.44. The lowest BCUT2D eigenvalue weighted by Gasteiger charge is -2.30. The van der Waals surface area contributed by atoms with E-state index in [4.69, 9.17) is 10.5 Å². The number of halogens is 2. The molecule has 0 spiro atoms. The number of hydrogen-bond acceptors (Lipinski definition) is 3. The number of methoxy groups -OCH3 is 1. The predicted octanol–water partition coefficient (Wildman–Crippen LogP) is 3.52. The zero-order chi connectivity index (χ0) is 15.2. The standard InChI is InChI=1S/C16H23BrN2O2.ClH/c1-21-12-7-8-14(17)13(9-12)16(20)19-15(10-18)11-5-3-2-4-6-11;/h7-9,11,15H,2-6,10,18H2,1H3,(H,19,20);1H. The monoisotopic (exact) mass is 390 g/mol. The molecule has 0 radical (unpaired) electrons. The summed E-state index contributed by atoms with van der Waals surface area (Å²) in [6.07, 6.45) is 6.08. The Morgan fingerprint density at radius 2 is 2.09 bits per heavy atom. The molecule has 1 fully saturated rings. The molecule has 1 unspecified atom stereocenters. The van der Waals surface area contributed by atoms with Gasteiger partial charge >= 0.3 is 0 Å². The first-order valence-electron chi connectivity index (χ1n) is 7.50. The molecule has 0 heterocycles. The molecule has 1 aliphatic rings. The fourth-order valence-corrected chi connectivity index (χ4v) is 3.38. The first-order valence-corrected chi connectivity index (χ1v) is 8.29. The maximum absolute atomic E-state index is 12.5. The van der Waals surface area contributed by atoms with E-state index in [0.29, 0.717) is 23.8 Å². The highest BCUT2D eigenvalue weighted by atomic mass is 79.9. The maximum atomic E-state index is 12.5. The van der Waals surface area contributed by atoms with Crippen molar-refractivity contribution in [2.45, 2.75) is 38.1 Å². The van der Waals surface area contributed by atoms with E-state index in [2.05, 4.69) is 21.2 Å². The van der Waals surface area contributed by atoms with Gasteiger partial charge in [-0.05, 0) is 52.9 Å². The van der Waals surface area contributed by atoms with Crippen LogP contribution in [0.15, 0.2) is 22.7 Å². The SMILES string of the molecule is COc1ccc(Br)c(C(=O)NC(CN)C2CCCCC2)c1.Cl. The Labute approximate surface area is 146 Å². The first kappa shape index (κ1) is 19.3. The first-order chi connectivity index (χ1) is 10.2. The summed E-state index contributed by atoms with van der Waals surface area (Å²) >= 11 is 3.42.